The van der Waals surface area contributed by atoms with Crippen molar-refractivity contribution in [3.05, 3.63) is 65.5 Å². The highest BCUT2D eigenvalue weighted by Crippen LogP contribution is 2.15. The number of ether oxygens (including phenoxy) is 1. The molecule has 0 fully saturated rings. The first-order valence-corrected chi connectivity index (χ1v) is 5.35. The number of benzene rings is 2. The van der Waals surface area contributed by atoms with Crippen molar-refractivity contribution in [2.24, 2.45) is 0 Å². The molecular formula is C14H13FO2. The maximum Gasteiger partial charge on any atom is 0.123 e. The normalized spacial score (nSPS) is 10.2. The zero-order chi connectivity index (χ0) is 12.1. The van der Waals surface area contributed by atoms with Crippen molar-refractivity contribution in [3.8, 4) is 5.75 Å². The fourth-order valence-corrected chi connectivity index (χ4v) is 1.48. The summed E-state index contributed by atoms with van der Waals surface area (Å²) >= 11 is 0. The summed E-state index contributed by atoms with van der Waals surface area (Å²) in [5, 5.41) is 8.98. The molecule has 0 atom stereocenters. The van der Waals surface area contributed by atoms with Gasteiger partial charge in [0, 0.05) is 0 Å². The van der Waals surface area contributed by atoms with Crippen molar-refractivity contribution < 1.29 is 14.2 Å². The van der Waals surface area contributed by atoms with Crippen molar-refractivity contribution in [1.29, 1.82) is 0 Å². The number of hydrogen-bond acceptors (Lipinski definition) is 2. The van der Waals surface area contributed by atoms with E-state index in [2.05, 4.69) is 0 Å². The molecule has 0 bridgehead atoms. The number of aliphatic hydroxyl groups is 1. The van der Waals surface area contributed by atoms with Crippen molar-refractivity contribution in [3.63, 3.8) is 0 Å². The van der Waals surface area contributed by atoms with Gasteiger partial charge in [-0.3, -0.25) is 0 Å². The lowest BCUT2D eigenvalue weighted by Gasteiger charge is -2.07. The molecule has 0 aliphatic rings. The number of aliphatic hydroxyl groups excluding tert-OH is 1. The SMILES string of the molecule is OCc1cccc(OCc2ccc(F)cc2)c1. The Labute approximate surface area is 99.3 Å². The van der Waals surface area contributed by atoms with Crippen LogP contribution in [0.5, 0.6) is 5.75 Å². The summed E-state index contributed by atoms with van der Waals surface area (Å²) in [6.45, 7) is 0.378. The zero-order valence-corrected chi connectivity index (χ0v) is 9.27. The van der Waals surface area contributed by atoms with E-state index in [1.165, 1.54) is 12.1 Å². The third-order valence-electron chi connectivity index (χ3n) is 2.40. The van der Waals surface area contributed by atoms with Crippen LogP contribution < -0.4 is 4.74 Å². The molecule has 0 aromatic heterocycles. The summed E-state index contributed by atoms with van der Waals surface area (Å²) in [5.74, 6) is 0.442. The van der Waals surface area contributed by atoms with Gasteiger partial charge in [-0.25, -0.2) is 4.39 Å². The number of hydrogen-bond donors (Lipinski definition) is 1. The van der Waals surface area contributed by atoms with Crippen LogP contribution in [0.15, 0.2) is 48.5 Å². The Morgan fingerprint density at radius 3 is 2.47 bits per heavy atom. The summed E-state index contributed by atoms with van der Waals surface area (Å²) in [6.07, 6.45) is 0. The first-order valence-electron chi connectivity index (χ1n) is 5.35. The van der Waals surface area contributed by atoms with E-state index in [-0.39, 0.29) is 12.4 Å². The minimum absolute atomic E-state index is 0.00620. The van der Waals surface area contributed by atoms with Crippen molar-refractivity contribution in [2.75, 3.05) is 0 Å². The molecule has 2 rings (SSSR count). The van der Waals surface area contributed by atoms with Crippen molar-refractivity contribution in [1.82, 2.24) is 0 Å². The Morgan fingerprint density at radius 1 is 1.00 bits per heavy atom. The fraction of sp³-hybridized carbons (Fsp3) is 0.143. The van der Waals surface area contributed by atoms with E-state index in [1.807, 2.05) is 18.2 Å². The molecule has 0 saturated carbocycles. The van der Waals surface area contributed by atoms with Crippen LogP contribution in [0.3, 0.4) is 0 Å². The van der Waals surface area contributed by atoms with Crippen LogP contribution in [-0.2, 0) is 13.2 Å². The molecule has 0 heterocycles. The smallest absolute Gasteiger partial charge is 0.123 e. The Bertz CT molecular complexity index is 480. The van der Waals surface area contributed by atoms with Crippen LogP contribution in [0.4, 0.5) is 4.39 Å². The van der Waals surface area contributed by atoms with Crippen molar-refractivity contribution >= 4 is 0 Å². The average Bonchev–Trinajstić information content (AvgIpc) is 2.38. The van der Waals surface area contributed by atoms with Gasteiger partial charge in [0.25, 0.3) is 0 Å². The van der Waals surface area contributed by atoms with Gasteiger partial charge >= 0.3 is 0 Å². The van der Waals surface area contributed by atoms with Gasteiger partial charge in [0.15, 0.2) is 0 Å². The Hall–Kier alpha value is -1.87. The molecule has 0 amide bonds. The second kappa shape index (κ2) is 5.46. The highest BCUT2D eigenvalue weighted by atomic mass is 19.1. The van der Waals surface area contributed by atoms with Gasteiger partial charge in [-0.2, -0.15) is 0 Å². The molecule has 2 nitrogen and oxygen atoms in total. The van der Waals surface area contributed by atoms with E-state index in [1.54, 1.807) is 18.2 Å². The maximum atomic E-state index is 12.7. The van der Waals surface area contributed by atoms with E-state index in [0.29, 0.717) is 12.4 Å². The predicted octanol–water partition coefficient (Wildman–Crippen LogP) is 2.90. The highest BCUT2D eigenvalue weighted by molar-refractivity contribution is 5.28. The third kappa shape index (κ3) is 3.29. The minimum atomic E-state index is -0.254. The van der Waals surface area contributed by atoms with Gasteiger partial charge in [0.2, 0.25) is 0 Å². The van der Waals surface area contributed by atoms with Crippen LogP contribution in [-0.4, -0.2) is 5.11 Å². The zero-order valence-electron chi connectivity index (χ0n) is 9.27. The standard InChI is InChI=1S/C14H13FO2/c15-13-6-4-11(5-7-13)10-17-14-3-1-2-12(8-14)9-16/h1-8,16H,9-10H2. The van der Waals surface area contributed by atoms with Crippen LogP contribution in [0.2, 0.25) is 0 Å². The van der Waals surface area contributed by atoms with E-state index in [4.69, 9.17) is 9.84 Å². The lowest BCUT2D eigenvalue weighted by Crippen LogP contribution is -1.96. The van der Waals surface area contributed by atoms with Crippen LogP contribution in [0.25, 0.3) is 0 Å². The Balaban J connectivity index is 1.99. The van der Waals surface area contributed by atoms with Crippen molar-refractivity contribution in [2.45, 2.75) is 13.2 Å². The third-order valence-corrected chi connectivity index (χ3v) is 2.40. The van der Waals surface area contributed by atoms with E-state index >= 15 is 0 Å². The molecule has 88 valence electrons. The molecule has 0 aliphatic heterocycles. The van der Waals surface area contributed by atoms with E-state index in [9.17, 15) is 4.39 Å². The second-order valence-electron chi connectivity index (χ2n) is 3.72. The maximum absolute atomic E-state index is 12.7. The molecule has 1 N–H and O–H groups in total. The van der Waals surface area contributed by atoms with Crippen LogP contribution in [0.1, 0.15) is 11.1 Å². The topological polar surface area (TPSA) is 29.5 Å². The quantitative estimate of drug-likeness (QED) is 0.878. The average molecular weight is 232 g/mol. The number of halogens is 1. The highest BCUT2D eigenvalue weighted by Gasteiger charge is 1.98. The van der Waals surface area contributed by atoms with Gasteiger partial charge in [-0.1, -0.05) is 24.3 Å². The fourth-order valence-electron chi connectivity index (χ4n) is 1.48. The molecule has 0 radical (unpaired) electrons. The monoisotopic (exact) mass is 232 g/mol. The predicted molar refractivity (Wildman–Crippen MR) is 63.1 cm³/mol. The molecule has 0 saturated heterocycles. The minimum Gasteiger partial charge on any atom is -0.489 e. The largest absolute Gasteiger partial charge is 0.489 e. The molecule has 2 aromatic carbocycles. The number of rotatable bonds is 4. The molecule has 0 unspecified atom stereocenters. The summed E-state index contributed by atoms with van der Waals surface area (Å²) in [5.41, 5.74) is 1.71. The van der Waals surface area contributed by atoms with E-state index < -0.39 is 0 Å². The Morgan fingerprint density at radius 2 is 1.76 bits per heavy atom. The first-order chi connectivity index (χ1) is 8.28. The lowest BCUT2D eigenvalue weighted by molar-refractivity contribution is 0.278. The molecule has 2 aromatic rings. The van der Waals surface area contributed by atoms with Gasteiger partial charge in [-0.15, -0.1) is 0 Å². The van der Waals surface area contributed by atoms with Crippen LogP contribution >= 0.6 is 0 Å². The molecular weight excluding hydrogens is 219 g/mol. The Kier molecular flexibility index (Phi) is 3.73. The summed E-state index contributed by atoms with van der Waals surface area (Å²) in [7, 11) is 0. The summed E-state index contributed by atoms with van der Waals surface area (Å²) in [6, 6.07) is 13.4. The first kappa shape index (κ1) is 11.6. The van der Waals surface area contributed by atoms with Gasteiger partial charge in [-0.05, 0) is 35.4 Å². The second-order valence-corrected chi connectivity index (χ2v) is 3.72. The van der Waals surface area contributed by atoms with Gasteiger partial charge in [0.05, 0.1) is 6.61 Å². The molecule has 17 heavy (non-hydrogen) atoms. The van der Waals surface area contributed by atoms with Crippen LogP contribution in [0, 0.1) is 5.82 Å². The summed E-state index contributed by atoms with van der Waals surface area (Å²) in [4.78, 5) is 0. The summed E-state index contributed by atoms with van der Waals surface area (Å²) < 4.78 is 18.2. The van der Waals surface area contributed by atoms with Gasteiger partial charge < -0.3 is 9.84 Å². The molecule has 0 spiro atoms. The van der Waals surface area contributed by atoms with E-state index in [0.717, 1.165) is 11.1 Å². The molecule has 3 heteroatoms. The lowest BCUT2D eigenvalue weighted by atomic mass is 10.2. The van der Waals surface area contributed by atoms with Gasteiger partial charge in [0.1, 0.15) is 18.2 Å². The molecule has 0 aliphatic carbocycles.